The number of rotatable bonds is 6. The van der Waals surface area contributed by atoms with Gasteiger partial charge in [0.05, 0.1) is 12.2 Å². The van der Waals surface area contributed by atoms with Crippen LogP contribution in [0.15, 0.2) is 54.6 Å². The van der Waals surface area contributed by atoms with Crippen LogP contribution in [0.25, 0.3) is 0 Å². The summed E-state index contributed by atoms with van der Waals surface area (Å²) in [7, 11) is 0. The second kappa shape index (κ2) is 9.22. The molecule has 0 spiro atoms. The van der Waals surface area contributed by atoms with Crippen LogP contribution in [0.3, 0.4) is 0 Å². The monoisotopic (exact) mass is 356 g/mol. The maximum Gasteiger partial charge on any atom is 0.338 e. The van der Waals surface area contributed by atoms with Crippen LogP contribution in [-0.4, -0.2) is 30.5 Å². The highest BCUT2D eigenvalue weighted by Gasteiger charge is 2.19. The highest BCUT2D eigenvalue weighted by molar-refractivity contribution is 5.96. The van der Waals surface area contributed by atoms with Crippen molar-refractivity contribution in [2.75, 3.05) is 6.61 Å². The number of hydrogen-bond acceptors (Lipinski definition) is 5. The molecule has 7 nitrogen and oxygen atoms in total. The second-order valence-electron chi connectivity index (χ2n) is 5.31. The van der Waals surface area contributed by atoms with Crippen LogP contribution in [0.2, 0.25) is 0 Å². The summed E-state index contributed by atoms with van der Waals surface area (Å²) in [5, 5.41) is 0. The van der Waals surface area contributed by atoms with Crippen molar-refractivity contribution in [3.63, 3.8) is 0 Å². The van der Waals surface area contributed by atoms with Crippen molar-refractivity contribution in [2.24, 2.45) is 0 Å². The number of hydrogen-bond donors (Lipinski definition) is 2. The van der Waals surface area contributed by atoms with Crippen LogP contribution in [0.1, 0.15) is 34.6 Å². The number of esters is 1. The molecule has 2 aromatic rings. The van der Waals surface area contributed by atoms with Crippen molar-refractivity contribution < 1.29 is 23.9 Å². The molecule has 0 aliphatic heterocycles. The van der Waals surface area contributed by atoms with Gasteiger partial charge >= 0.3 is 5.97 Å². The van der Waals surface area contributed by atoms with Gasteiger partial charge in [-0.05, 0) is 50.2 Å². The summed E-state index contributed by atoms with van der Waals surface area (Å²) < 4.78 is 10.4. The minimum absolute atomic E-state index is 0.293. The third-order valence-electron chi connectivity index (χ3n) is 3.39. The molecule has 0 fully saturated rings. The van der Waals surface area contributed by atoms with Crippen molar-refractivity contribution in [3.8, 4) is 5.75 Å². The van der Waals surface area contributed by atoms with Gasteiger partial charge in [-0.3, -0.25) is 20.4 Å². The molecule has 7 heteroatoms. The highest BCUT2D eigenvalue weighted by atomic mass is 16.5. The first-order valence-electron chi connectivity index (χ1n) is 8.10. The Morgan fingerprint density at radius 1 is 0.923 bits per heavy atom. The van der Waals surface area contributed by atoms with Gasteiger partial charge in [-0.25, -0.2) is 4.79 Å². The Balaban J connectivity index is 1.84. The maximum absolute atomic E-state index is 12.1. The Bertz CT molecular complexity index is 759. The lowest BCUT2D eigenvalue weighted by atomic mass is 10.2. The van der Waals surface area contributed by atoms with Gasteiger partial charge in [0.2, 0.25) is 0 Å². The van der Waals surface area contributed by atoms with Gasteiger partial charge in [-0.15, -0.1) is 0 Å². The molecule has 2 amide bonds. The lowest BCUT2D eigenvalue weighted by molar-refractivity contribution is -0.129. The molecule has 0 radical (unpaired) electrons. The summed E-state index contributed by atoms with van der Waals surface area (Å²) in [6, 6.07) is 14.8. The average Bonchev–Trinajstić information content (AvgIpc) is 2.67. The molecule has 2 rings (SSSR count). The van der Waals surface area contributed by atoms with Gasteiger partial charge in [-0.2, -0.15) is 0 Å². The van der Waals surface area contributed by atoms with E-state index in [9.17, 15) is 14.4 Å². The summed E-state index contributed by atoms with van der Waals surface area (Å²) in [4.78, 5) is 35.9. The fourth-order valence-corrected chi connectivity index (χ4v) is 2.02. The van der Waals surface area contributed by atoms with E-state index >= 15 is 0 Å². The summed E-state index contributed by atoms with van der Waals surface area (Å²) in [5.41, 5.74) is 5.18. The van der Waals surface area contributed by atoms with Crippen LogP contribution < -0.4 is 15.6 Å². The van der Waals surface area contributed by atoms with E-state index in [4.69, 9.17) is 9.47 Å². The van der Waals surface area contributed by atoms with Gasteiger partial charge in [0.15, 0.2) is 6.10 Å². The summed E-state index contributed by atoms with van der Waals surface area (Å²) >= 11 is 0. The summed E-state index contributed by atoms with van der Waals surface area (Å²) in [6.07, 6.45) is -1.08. The molecule has 2 N–H and O–H groups in total. The lowest BCUT2D eigenvalue weighted by Crippen LogP contribution is -2.46. The van der Waals surface area contributed by atoms with Gasteiger partial charge in [0.1, 0.15) is 5.75 Å². The van der Waals surface area contributed by atoms with Crippen LogP contribution >= 0.6 is 0 Å². The summed E-state index contributed by atoms with van der Waals surface area (Å²) in [5.74, 6) is -1.12. The van der Waals surface area contributed by atoms with E-state index < -0.39 is 23.9 Å². The maximum atomic E-state index is 12.1. The fourth-order valence-electron chi connectivity index (χ4n) is 2.02. The van der Waals surface area contributed by atoms with E-state index in [0.29, 0.717) is 23.5 Å². The molecule has 0 bridgehead atoms. The molecule has 0 saturated heterocycles. The minimum Gasteiger partial charge on any atom is -0.494 e. The van der Waals surface area contributed by atoms with E-state index in [1.807, 2.05) is 6.92 Å². The standard InChI is InChI=1S/C19H20N2O5/c1-3-25-16-11-9-15(10-12-16)19(24)26-13(2)17(22)20-21-18(23)14-7-5-4-6-8-14/h4-13H,3H2,1-2H3,(H,20,22)(H,21,23)/t13-/m1/s1. The molecule has 0 aliphatic rings. The van der Waals surface area contributed by atoms with Crippen LogP contribution in [-0.2, 0) is 9.53 Å². The predicted octanol–water partition coefficient (Wildman–Crippen LogP) is 2.09. The van der Waals surface area contributed by atoms with Crippen molar-refractivity contribution in [3.05, 3.63) is 65.7 Å². The first kappa shape index (κ1) is 19.0. The number of carbonyl (C=O) groups excluding carboxylic acids is 3. The third kappa shape index (κ3) is 5.34. The number of nitrogens with one attached hydrogen (secondary N) is 2. The van der Waals surface area contributed by atoms with E-state index in [1.54, 1.807) is 54.6 Å². The zero-order chi connectivity index (χ0) is 18.9. The Kier molecular flexibility index (Phi) is 6.73. The highest BCUT2D eigenvalue weighted by Crippen LogP contribution is 2.13. The largest absolute Gasteiger partial charge is 0.494 e. The quantitative estimate of drug-likeness (QED) is 0.611. The molecular weight excluding hydrogens is 336 g/mol. The van der Waals surface area contributed by atoms with Crippen LogP contribution in [0.4, 0.5) is 0 Å². The lowest BCUT2D eigenvalue weighted by Gasteiger charge is -2.14. The molecule has 0 unspecified atom stereocenters. The molecule has 26 heavy (non-hydrogen) atoms. The Hall–Kier alpha value is -3.35. The molecule has 0 aliphatic carbocycles. The first-order chi connectivity index (χ1) is 12.5. The number of carbonyl (C=O) groups is 3. The van der Waals surface area contributed by atoms with Crippen molar-refractivity contribution in [1.29, 1.82) is 0 Å². The topological polar surface area (TPSA) is 93.7 Å². The normalized spacial score (nSPS) is 11.2. The Morgan fingerprint density at radius 3 is 2.19 bits per heavy atom. The van der Waals surface area contributed by atoms with Crippen LogP contribution in [0.5, 0.6) is 5.75 Å². The summed E-state index contributed by atoms with van der Waals surface area (Å²) in [6.45, 7) is 3.80. The molecule has 1 atom stereocenters. The Labute approximate surface area is 151 Å². The molecule has 136 valence electrons. The van der Waals surface area contributed by atoms with E-state index in [-0.39, 0.29) is 0 Å². The van der Waals surface area contributed by atoms with Gasteiger partial charge in [0.25, 0.3) is 11.8 Å². The van der Waals surface area contributed by atoms with Crippen LogP contribution in [0, 0.1) is 0 Å². The first-order valence-corrected chi connectivity index (χ1v) is 8.10. The van der Waals surface area contributed by atoms with Gasteiger partial charge in [0, 0.05) is 5.56 Å². The van der Waals surface area contributed by atoms with Gasteiger partial charge < -0.3 is 9.47 Å². The molecule has 0 saturated carbocycles. The molecular formula is C19H20N2O5. The second-order valence-corrected chi connectivity index (χ2v) is 5.31. The van der Waals surface area contributed by atoms with Crippen molar-refractivity contribution in [1.82, 2.24) is 10.9 Å². The third-order valence-corrected chi connectivity index (χ3v) is 3.39. The Morgan fingerprint density at radius 2 is 1.58 bits per heavy atom. The van der Waals surface area contributed by atoms with E-state index in [2.05, 4.69) is 10.9 Å². The predicted molar refractivity (Wildman–Crippen MR) is 94.5 cm³/mol. The number of amides is 2. The zero-order valence-electron chi connectivity index (χ0n) is 14.5. The van der Waals surface area contributed by atoms with Gasteiger partial charge in [-0.1, -0.05) is 18.2 Å². The number of benzene rings is 2. The van der Waals surface area contributed by atoms with E-state index in [1.165, 1.54) is 6.92 Å². The van der Waals surface area contributed by atoms with Crippen molar-refractivity contribution in [2.45, 2.75) is 20.0 Å². The smallest absolute Gasteiger partial charge is 0.338 e. The zero-order valence-corrected chi connectivity index (χ0v) is 14.5. The molecule has 2 aromatic carbocycles. The van der Waals surface area contributed by atoms with Crippen molar-refractivity contribution >= 4 is 17.8 Å². The number of hydrazine groups is 1. The average molecular weight is 356 g/mol. The fraction of sp³-hybridized carbons (Fsp3) is 0.211. The molecule has 0 aromatic heterocycles. The SMILES string of the molecule is CCOc1ccc(C(=O)O[C@H](C)C(=O)NNC(=O)c2ccccc2)cc1. The number of ether oxygens (including phenoxy) is 2. The molecule has 0 heterocycles. The van der Waals surface area contributed by atoms with E-state index in [0.717, 1.165) is 0 Å². The minimum atomic E-state index is -1.08.